The van der Waals surface area contributed by atoms with Gasteiger partial charge in [0.15, 0.2) is 0 Å². The Bertz CT molecular complexity index is 743. The molecule has 0 aliphatic carbocycles. The van der Waals surface area contributed by atoms with E-state index in [0.29, 0.717) is 6.54 Å². The molecule has 0 saturated heterocycles. The van der Waals surface area contributed by atoms with Gasteiger partial charge in [0.2, 0.25) is 11.8 Å². The fourth-order valence-electron chi connectivity index (χ4n) is 2.20. The molecule has 0 saturated carbocycles. The number of fused-ring (bicyclic) bond motifs is 1. The highest BCUT2D eigenvalue weighted by molar-refractivity contribution is 7.80. The van der Waals surface area contributed by atoms with Crippen molar-refractivity contribution in [1.82, 2.24) is 5.32 Å². The first-order valence-corrected chi connectivity index (χ1v) is 7.93. The highest BCUT2D eigenvalue weighted by Crippen LogP contribution is 2.23. The molecule has 0 fully saturated rings. The Kier molecular flexibility index (Phi) is 6.51. The number of ether oxygens (including phenoxy) is 1. The lowest BCUT2D eigenvalue weighted by molar-refractivity contribution is -0.124. The van der Waals surface area contributed by atoms with Gasteiger partial charge in [-0.1, -0.05) is 36.4 Å². The molecule has 4 N–H and O–H groups in total. The van der Waals surface area contributed by atoms with Crippen LogP contribution in [0.3, 0.4) is 0 Å². The van der Waals surface area contributed by atoms with E-state index in [1.54, 1.807) is 0 Å². The first-order valence-electron chi connectivity index (χ1n) is 7.53. The topological polar surface area (TPSA) is 93.4 Å². The van der Waals surface area contributed by atoms with Gasteiger partial charge in [-0.25, -0.2) is 0 Å². The summed E-state index contributed by atoms with van der Waals surface area (Å²) in [6.07, 6.45) is 0.203. The number of rotatable bonds is 7. The van der Waals surface area contributed by atoms with E-state index < -0.39 is 0 Å². The van der Waals surface area contributed by atoms with Crippen LogP contribution in [0.1, 0.15) is 12.8 Å². The van der Waals surface area contributed by atoms with E-state index in [9.17, 15) is 9.59 Å². The number of carbonyl (C=O) groups is 2. The zero-order valence-corrected chi connectivity index (χ0v) is 13.9. The molecule has 0 aromatic heterocycles. The third-order valence-electron chi connectivity index (χ3n) is 3.31. The Hall–Kier alpha value is -2.67. The molecule has 7 heteroatoms. The summed E-state index contributed by atoms with van der Waals surface area (Å²) >= 11 is 4.55. The molecule has 0 atom stereocenters. The van der Waals surface area contributed by atoms with Crippen molar-refractivity contribution in [3.63, 3.8) is 0 Å². The van der Waals surface area contributed by atoms with Crippen LogP contribution in [0.4, 0.5) is 5.69 Å². The number of nitrogens with two attached hydrogens (primary N) is 1. The molecule has 2 amide bonds. The van der Waals surface area contributed by atoms with Crippen LogP contribution in [0.15, 0.2) is 42.5 Å². The Morgan fingerprint density at radius 1 is 1.04 bits per heavy atom. The second-order valence-corrected chi connectivity index (χ2v) is 5.49. The summed E-state index contributed by atoms with van der Waals surface area (Å²) in [5.74, 6) is -0.435. The molecule has 0 aliphatic heterocycles. The van der Waals surface area contributed by atoms with E-state index >= 15 is 0 Å². The molecule has 0 aliphatic rings. The third-order valence-corrected chi connectivity index (χ3v) is 3.43. The minimum atomic E-state index is -0.227. The lowest BCUT2D eigenvalue weighted by atomic mass is 10.1. The Labute approximate surface area is 145 Å². The highest BCUT2D eigenvalue weighted by Gasteiger charge is 2.08. The van der Waals surface area contributed by atoms with Gasteiger partial charge in [0.1, 0.15) is 6.61 Å². The predicted molar refractivity (Wildman–Crippen MR) is 97.6 cm³/mol. The minimum absolute atomic E-state index is 0.0567. The zero-order valence-electron chi connectivity index (χ0n) is 13.1. The second kappa shape index (κ2) is 8.83. The van der Waals surface area contributed by atoms with Gasteiger partial charge in [-0.15, -0.1) is 0 Å². The predicted octanol–water partition coefficient (Wildman–Crippen LogP) is 1.93. The van der Waals surface area contributed by atoms with Crippen LogP contribution in [0.25, 0.3) is 10.8 Å². The average Bonchev–Trinajstić information content (AvgIpc) is 2.57. The van der Waals surface area contributed by atoms with Gasteiger partial charge in [-0.2, -0.15) is 0 Å². The number of hydrogen-bond donors (Lipinski definition) is 3. The SMILES string of the molecule is NC(=S)OCCNC(=O)CCC(=O)Nc1cccc2ccccc12. The maximum absolute atomic E-state index is 12.0. The molecular weight excluding hydrogens is 326 g/mol. The molecule has 126 valence electrons. The zero-order chi connectivity index (χ0) is 17.4. The summed E-state index contributed by atoms with van der Waals surface area (Å²) in [4.78, 5) is 23.7. The van der Waals surface area contributed by atoms with Gasteiger partial charge in [-0.3, -0.25) is 9.59 Å². The monoisotopic (exact) mass is 345 g/mol. The van der Waals surface area contributed by atoms with Crippen LogP contribution in [-0.4, -0.2) is 30.1 Å². The van der Waals surface area contributed by atoms with E-state index in [2.05, 4.69) is 22.9 Å². The van der Waals surface area contributed by atoms with Crippen molar-refractivity contribution in [1.29, 1.82) is 0 Å². The first-order chi connectivity index (χ1) is 11.6. The van der Waals surface area contributed by atoms with Crippen molar-refractivity contribution in [3.05, 3.63) is 42.5 Å². The van der Waals surface area contributed by atoms with Gasteiger partial charge >= 0.3 is 0 Å². The molecule has 2 aromatic carbocycles. The van der Waals surface area contributed by atoms with E-state index in [4.69, 9.17) is 10.5 Å². The second-order valence-electron chi connectivity index (χ2n) is 5.09. The van der Waals surface area contributed by atoms with Crippen LogP contribution < -0.4 is 16.4 Å². The maximum Gasteiger partial charge on any atom is 0.254 e. The standard InChI is InChI=1S/C17H19N3O3S/c18-17(24)23-11-10-19-15(21)8-9-16(22)20-14-7-3-5-12-4-1-2-6-13(12)14/h1-7H,8-11H2,(H2,18,24)(H,19,21)(H,20,22). The smallest absolute Gasteiger partial charge is 0.254 e. The number of nitrogens with one attached hydrogen (secondary N) is 2. The summed E-state index contributed by atoms with van der Waals surface area (Å²) in [5.41, 5.74) is 5.90. The summed E-state index contributed by atoms with van der Waals surface area (Å²) in [7, 11) is 0. The molecule has 2 aromatic rings. The van der Waals surface area contributed by atoms with Crippen LogP contribution in [0, 0.1) is 0 Å². The van der Waals surface area contributed by atoms with Crippen molar-refractivity contribution in [3.8, 4) is 0 Å². The Morgan fingerprint density at radius 2 is 1.75 bits per heavy atom. The Morgan fingerprint density at radius 3 is 2.54 bits per heavy atom. The van der Waals surface area contributed by atoms with E-state index in [-0.39, 0.29) is 36.4 Å². The van der Waals surface area contributed by atoms with Crippen LogP contribution in [-0.2, 0) is 14.3 Å². The number of hydrogen-bond acceptors (Lipinski definition) is 4. The number of amides is 2. The first kappa shape index (κ1) is 17.7. The Balaban J connectivity index is 1.78. The van der Waals surface area contributed by atoms with Crippen molar-refractivity contribution in [2.75, 3.05) is 18.5 Å². The van der Waals surface area contributed by atoms with Gasteiger partial charge < -0.3 is 21.1 Å². The van der Waals surface area contributed by atoms with Crippen molar-refractivity contribution >= 4 is 45.7 Å². The molecule has 0 heterocycles. The molecular formula is C17H19N3O3S. The number of benzene rings is 2. The fourth-order valence-corrected chi connectivity index (χ4v) is 2.29. The van der Waals surface area contributed by atoms with E-state index in [1.807, 2.05) is 42.5 Å². The number of thiocarbonyl (C=S) groups is 1. The van der Waals surface area contributed by atoms with Crippen LogP contribution >= 0.6 is 12.2 Å². The van der Waals surface area contributed by atoms with Gasteiger partial charge in [0.05, 0.1) is 6.54 Å². The van der Waals surface area contributed by atoms with E-state index in [0.717, 1.165) is 16.5 Å². The third kappa shape index (κ3) is 5.51. The lowest BCUT2D eigenvalue weighted by Crippen LogP contribution is -2.29. The van der Waals surface area contributed by atoms with Gasteiger partial charge in [-0.05, 0) is 23.7 Å². The number of carbonyl (C=O) groups excluding carboxylic acids is 2. The fraction of sp³-hybridized carbons (Fsp3) is 0.235. The average molecular weight is 345 g/mol. The molecule has 24 heavy (non-hydrogen) atoms. The van der Waals surface area contributed by atoms with Crippen molar-refractivity contribution in [2.24, 2.45) is 5.73 Å². The maximum atomic E-state index is 12.0. The molecule has 0 spiro atoms. The summed E-state index contributed by atoms with van der Waals surface area (Å²) in [6.45, 7) is 0.504. The normalized spacial score (nSPS) is 10.2. The molecule has 6 nitrogen and oxygen atoms in total. The molecule has 0 radical (unpaired) electrons. The quantitative estimate of drug-likeness (QED) is 0.527. The highest BCUT2D eigenvalue weighted by atomic mass is 32.1. The van der Waals surface area contributed by atoms with E-state index in [1.165, 1.54) is 0 Å². The molecule has 2 rings (SSSR count). The summed E-state index contributed by atoms with van der Waals surface area (Å²) in [6, 6.07) is 13.5. The van der Waals surface area contributed by atoms with Crippen molar-refractivity contribution < 1.29 is 14.3 Å². The van der Waals surface area contributed by atoms with Crippen molar-refractivity contribution in [2.45, 2.75) is 12.8 Å². The van der Waals surface area contributed by atoms with Gasteiger partial charge in [0.25, 0.3) is 5.17 Å². The minimum Gasteiger partial charge on any atom is -0.469 e. The largest absolute Gasteiger partial charge is 0.469 e. The number of anilines is 1. The van der Waals surface area contributed by atoms with Gasteiger partial charge in [0, 0.05) is 23.9 Å². The van der Waals surface area contributed by atoms with Crippen LogP contribution in [0.5, 0.6) is 0 Å². The summed E-state index contributed by atoms with van der Waals surface area (Å²) in [5, 5.41) is 7.43. The van der Waals surface area contributed by atoms with Crippen LogP contribution in [0.2, 0.25) is 0 Å². The molecule has 0 bridgehead atoms. The molecule has 0 unspecified atom stereocenters. The summed E-state index contributed by atoms with van der Waals surface area (Å²) < 4.78 is 4.85. The lowest BCUT2D eigenvalue weighted by Gasteiger charge is -2.09.